The molecular formula is C10H16N2S. The maximum absolute atomic E-state index is 5.41. The summed E-state index contributed by atoms with van der Waals surface area (Å²) < 4.78 is 3.88. The first-order valence-corrected chi connectivity index (χ1v) is 4.42. The molecule has 2 N–H and O–H groups in total. The Bertz CT molecular complexity index is 285. The first-order chi connectivity index (χ1) is 6.08. The molecular weight excluding hydrogens is 180 g/mol. The summed E-state index contributed by atoms with van der Waals surface area (Å²) in [6.07, 6.45) is 3.46. The van der Waals surface area contributed by atoms with Crippen LogP contribution < -0.4 is 5.73 Å². The van der Waals surface area contributed by atoms with Gasteiger partial charge in [-0.3, -0.25) is 0 Å². The molecule has 0 heterocycles. The fourth-order valence-electron chi connectivity index (χ4n) is 1.01. The summed E-state index contributed by atoms with van der Waals surface area (Å²) in [4.78, 5) is 0. The van der Waals surface area contributed by atoms with Gasteiger partial charge in [0.15, 0.2) is 0 Å². The van der Waals surface area contributed by atoms with Crippen molar-refractivity contribution >= 4 is 18.5 Å². The molecule has 0 spiro atoms. The van der Waals surface area contributed by atoms with Gasteiger partial charge in [-0.05, 0) is 56.5 Å². The molecule has 0 rings (SSSR count). The molecule has 0 radical (unpaired) electrons. The molecule has 0 atom stereocenters. The van der Waals surface area contributed by atoms with E-state index in [2.05, 4.69) is 23.8 Å². The smallest absolute Gasteiger partial charge is 0.0824 e. The first-order valence-electron chi connectivity index (χ1n) is 4.02. The van der Waals surface area contributed by atoms with Gasteiger partial charge < -0.3 is 5.73 Å². The van der Waals surface area contributed by atoms with Crippen LogP contribution in [0.15, 0.2) is 40.0 Å². The number of nitrogens with zero attached hydrogens (tertiary/aromatic N) is 1. The molecule has 0 amide bonds. The summed E-state index contributed by atoms with van der Waals surface area (Å²) in [6.45, 7) is 9.62. The van der Waals surface area contributed by atoms with Crippen LogP contribution in [-0.4, -0.2) is 5.71 Å². The third-order valence-electron chi connectivity index (χ3n) is 1.73. The molecule has 0 saturated carbocycles. The van der Waals surface area contributed by atoms with Gasteiger partial charge in [0.05, 0.1) is 5.71 Å². The van der Waals surface area contributed by atoms with Gasteiger partial charge >= 0.3 is 0 Å². The summed E-state index contributed by atoms with van der Waals surface area (Å²) in [5.41, 5.74) is 9.02. The molecule has 2 nitrogen and oxygen atoms in total. The molecule has 0 saturated heterocycles. The first kappa shape index (κ1) is 12.0. The van der Waals surface area contributed by atoms with Crippen LogP contribution >= 0.6 is 12.8 Å². The Hall–Kier alpha value is -0.960. The summed E-state index contributed by atoms with van der Waals surface area (Å²) in [7, 11) is 0. The Kier molecular flexibility index (Phi) is 5.23. The van der Waals surface area contributed by atoms with E-state index in [1.165, 1.54) is 6.20 Å². The average molecular weight is 196 g/mol. The largest absolute Gasteiger partial charge is 0.404 e. The summed E-state index contributed by atoms with van der Waals surface area (Å²) >= 11 is 3.91. The van der Waals surface area contributed by atoms with E-state index in [9.17, 15) is 0 Å². The zero-order valence-corrected chi connectivity index (χ0v) is 9.23. The van der Waals surface area contributed by atoms with Gasteiger partial charge in [0.2, 0.25) is 0 Å². The van der Waals surface area contributed by atoms with Crippen molar-refractivity contribution in [3.63, 3.8) is 0 Å². The molecule has 0 aromatic heterocycles. The third-order valence-corrected chi connectivity index (χ3v) is 1.93. The normalized spacial score (nSPS) is 14.6. The Balaban J connectivity index is 5.12. The lowest BCUT2D eigenvalue weighted by Crippen LogP contribution is -2.06. The van der Waals surface area contributed by atoms with Gasteiger partial charge in [-0.25, -0.2) is 4.40 Å². The highest BCUT2D eigenvalue weighted by molar-refractivity contribution is 7.79. The Morgan fingerprint density at radius 1 is 1.46 bits per heavy atom. The topological polar surface area (TPSA) is 38.4 Å². The van der Waals surface area contributed by atoms with Gasteiger partial charge in [-0.1, -0.05) is 12.7 Å². The minimum Gasteiger partial charge on any atom is -0.404 e. The molecule has 0 bridgehead atoms. The molecule has 0 aromatic carbocycles. The second-order valence-corrected chi connectivity index (χ2v) is 2.98. The van der Waals surface area contributed by atoms with E-state index in [0.29, 0.717) is 0 Å². The van der Waals surface area contributed by atoms with Crippen LogP contribution in [0.2, 0.25) is 0 Å². The lowest BCUT2D eigenvalue weighted by Gasteiger charge is -2.09. The van der Waals surface area contributed by atoms with Crippen molar-refractivity contribution in [2.24, 2.45) is 10.1 Å². The highest BCUT2D eigenvalue weighted by Gasteiger charge is 2.07. The maximum Gasteiger partial charge on any atom is 0.0824 e. The van der Waals surface area contributed by atoms with E-state index >= 15 is 0 Å². The van der Waals surface area contributed by atoms with Crippen LogP contribution in [-0.2, 0) is 0 Å². The molecule has 13 heavy (non-hydrogen) atoms. The summed E-state index contributed by atoms with van der Waals surface area (Å²) in [5, 5.41) is 0. The predicted molar refractivity (Wildman–Crippen MR) is 62.9 cm³/mol. The Labute approximate surface area is 85.5 Å². The van der Waals surface area contributed by atoms with E-state index < -0.39 is 0 Å². The molecule has 72 valence electrons. The Morgan fingerprint density at radius 2 is 2.00 bits per heavy atom. The van der Waals surface area contributed by atoms with E-state index in [0.717, 1.165) is 22.4 Å². The highest BCUT2D eigenvalue weighted by atomic mass is 32.1. The molecule has 3 heteroatoms. The third kappa shape index (κ3) is 3.11. The van der Waals surface area contributed by atoms with Crippen molar-refractivity contribution in [3.8, 4) is 0 Å². The van der Waals surface area contributed by atoms with Crippen LogP contribution in [0.1, 0.15) is 20.8 Å². The number of thiol groups is 1. The van der Waals surface area contributed by atoms with Crippen molar-refractivity contribution < 1.29 is 0 Å². The van der Waals surface area contributed by atoms with Gasteiger partial charge in [-0.15, -0.1) is 0 Å². The monoisotopic (exact) mass is 196 g/mol. The maximum atomic E-state index is 5.41. The molecule has 0 unspecified atom stereocenters. The summed E-state index contributed by atoms with van der Waals surface area (Å²) in [6, 6.07) is 0. The lowest BCUT2D eigenvalue weighted by atomic mass is 9.99. The van der Waals surface area contributed by atoms with Crippen molar-refractivity contribution in [2.75, 3.05) is 0 Å². The van der Waals surface area contributed by atoms with Gasteiger partial charge in [0, 0.05) is 0 Å². The van der Waals surface area contributed by atoms with E-state index in [1.54, 1.807) is 0 Å². The zero-order chi connectivity index (χ0) is 10.4. The molecule has 0 aliphatic carbocycles. The minimum absolute atomic E-state index is 0.779. The second kappa shape index (κ2) is 5.65. The number of hydrogen-bond acceptors (Lipinski definition) is 3. The average Bonchev–Trinajstić information content (AvgIpc) is 2.12. The highest BCUT2D eigenvalue weighted by Crippen LogP contribution is 2.15. The van der Waals surface area contributed by atoms with Gasteiger partial charge in [0.25, 0.3) is 0 Å². The number of rotatable bonds is 3. The van der Waals surface area contributed by atoms with Crippen molar-refractivity contribution in [1.29, 1.82) is 0 Å². The van der Waals surface area contributed by atoms with Crippen LogP contribution in [0.4, 0.5) is 0 Å². The van der Waals surface area contributed by atoms with Crippen LogP contribution in [0.3, 0.4) is 0 Å². The molecule has 0 aliphatic rings. The SMILES string of the molecule is C=C(C)/C(=C/C)C(=NS)/C(C)=C\N. The predicted octanol–water partition coefficient (Wildman–Crippen LogP) is 2.66. The van der Waals surface area contributed by atoms with Gasteiger partial charge in [0.1, 0.15) is 0 Å². The standard InChI is InChI=1S/C10H16N2S/c1-5-9(7(2)3)10(12-13)8(4)6-11/h5-6,13H,2,11H2,1,3-4H3/b8-6-,9-5-,12-10?. The molecule has 0 aromatic rings. The van der Waals surface area contributed by atoms with Crippen molar-refractivity contribution in [3.05, 3.63) is 35.6 Å². The number of nitrogens with two attached hydrogens (primary N) is 1. The molecule has 0 aliphatic heterocycles. The van der Waals surface area contributed by atoms with E-state index in [4.69, 9.17) is 5.73 Å². The molecule has 0 fully saturated rings. The van der Waals surface area contributed by atoms with Crippen molar-refractivity contribution in [1.82, 2.24) is 0 Å². The van der Waals surface area contributed by atoms with Gasteiger partial charge in [-0.2, -0.15) is 0 Å². The lowest BCUT2D eigenvalue weighted by molar-refractivity contribution is 1.40. The zero-order valence-electron chi connectivity index (χ0n) is 8.33. The van der Waals surface area contributed by atoms with E-state index in [1.807, 2.05) is 26.8 Å². The number of hydrogen-bond donors (Lipinski definition) is 2. The quantitative estimate of drug-likeness (QED) is 0.406. The fraction of sp³-hybridized carbons (Fsp3) is 0.300. The minimum atomic E-state index is 0.779. The number of allylic oxidation sites excluding steroid dienone is 4. The van der Waals surface area contributed by atoms with Crippen LogP contribution in [0, 0.1) is 0 Å². The summed E-state index contributed by atoms with van der Waals surface area (Å²) in [5.74, 6) is 0. The van der Waals surface area contributed by atoms with Crippen molar-refractivity contribution in [2.45, 2.75) is 20.8 Å². The fourth-order valence-corrected chi connectivity index (χ4v) is 1.27. The van der Waals surface area contributed by atoms with Crippen LogP contribution in [0.25, 0.3) is 0 Å². The van der Waals surface area contributed by atoms with Crippen LogP contribution in [0.5, 0.6) is 0 Å². The second-order valence-electron chi connectivity index (χ2n) is 2.78. The Morgan fingerprint density at radius 3 is 2.23 bits per heavy atom. The van der Waals surface area contributed by atoms with E-state index in [-0.39, 0.29) is 0 Å².